The van der Waals surface area contributed by atoms with Gasteiger partial charge in [-0.1, -0.05) is 13.8 Å². The van der Waals surface area contributed by atoms with Gasteiger partial charge in [-0.3, -0.25) is 0 Å². The number of nitrogens with zero attached hydrogens (tertiary/aromatic N) is 6. The monoisotopic (exact) mass is 354 g/mol. The Morgan fingerprint density at radius 3 is 2.29 bits per heavy atom. The summed E-state index contributed by atoms with van der Waals surface area (Å²) in [5.74, 6) is 0. The highest BCUT2D eigenvalue weighted by Crippen LogP contribution is 2.12. The predicted molar refractivity (Wildman–Crippen MR) is 87.3 cm³/mol. The SMILES string of the molecule is CCCN(CCC)C(=O)n1cnc(S(=O)(=O)n2nc(C)cc2C)n1. The second-order valence-electron chi connectivity index (χ2n) is 5.52. The summed E-state index contributed by atoms with van der Waals surface area (Å²) in [6.45, 7) is 8.41. The molecule has 0 saturated carbocycles. The minimum Gasteiger partial charge on any atom is -0.323 e. The Morgan fingerprint density at radius 1 is 1.17 bits per heavy atom. The van der Waals surface area contributed by atoms with E-state index in [0.717, 1.165) is 27.9 Å². The van der Waals surface area contributed by atoms with Crippen LogP contribution in [0.1, 0.15) is 38.1 Å². The van der Waals surface area contributed by atoms with Gasteiger partial charge in [0.05, 0.1) is 11.4 Å². The van der Waals surface area contributed by atoms with Crippen molar-refractivity contribution < 1.29 is 13.2 Å². The van der Waals surface area contributed by atoms with Crippen LogP contribution < -0.4 is 0 Å². The van der Waals surface area contributed by atoms with Crippen LogP contribution in [-0.4, -0.2) is 56.4 Å². The van der Waals surface area contributed by atoms with Gasteiger partial charge in [0.2, 0.25) is 0 Å². The first-order chi connectivity index (χ1) is 11.3. The maximum Gasteiger partial charge on any atom is 0.346 e. The van der Waals surface area contributed by atoms with Gasteiger partial charge in [-0.25, -0.2) is 9.78 Å². The third-order valence-electron chi connectivity index (χ3n) is 3.35. The molecule has 132 valence electrons. The highest BCUT2D eigenvalue weighted by atomic mass is 32.2. The van der Waals surface area contributed by atoms with Crippen molar-refractivity contribution in [2.24, 2.45) is 0 Å². The number of carbonyl (C=O) groups excluding carboxylic acids is 1. The quantitative estimate of drug-likeness (QED) is 0.777. The van der Waals surface area contributed by atoms with E-state index >= 15 is 0 Å². The molecular weight excluding hydrogens is 332 g/mol. The number of aryl methyl sites for hydroxylation is 2. The third-order valence-corrected chi connectivity index (χ3v) is 4.82. The van der Waals surface area contributed by atoms with Crippen molar-refractivity contribution in [1.29, 1.82) is 0 Å². The van der Waals surface area contributed by atoms with Crippen LogP contribution in [0.4, 0.5) is 4.79 Å². The second kappa shape index (κ2) is 7.12. The predicted octanol–water partition coefficient (Wildman–Crippen LogP) is 1.42. The molecule has 9 nitrogen and oxygen atoms in total. The zero-order chi connectivity index (χ0) is 17.9. The Hall–Kier alpha value is -2.23. The lowest BCUT2D eigenvalue weighted by molar-refractivity contribution is 0.196. The van der Waals surface area contributed by atoms with E-state index < -0.39 is 15.2 Å². The lowest BCUT2D eigenvalue weighted by atomic mass is 10.4. The van der Waals surface area contributed by atoms with E-state index in [0.29, 0.717) is 24.5 Å². The highest BCUT2D eigenvalue weighted by molar-refractivity contribution is 7.89. The molecule has 2 aromatic heterocycles. The van der Waals surface area contributed by atoms with Gasteiger partial charge in [0, 0.05) is 13.1 Å². The molecular formula is C14H22N6O3S. The van der Waals surface area contributed by atoms with E-state index in [1.807, 2.05) is 13.8 Å². The molecule has 0 fully saturated rings. The lowest BCUT2D eigenvalue weighted by Gasteiger charge is -2.20. The minimum atomic E-state index is -4.02. The Kier molecular flexibility index (Phi) is 5.37. The number of hydrogen-bond donors (Lipinski definition) is 0. The van der Waals surface area contributed by atoms with Crippen LogP contribution >= 0.6 is 0 Å². The molecule has 0 atom stereocenters. The van der Waals surface area contributed by atoms with E-state index in [-0.39, 0.29) is 6.03 Å². The molecule has 0 aliphatic carbocycles. The molecule has 1 amide bonds. The third kappa shape index (κ3) is 3.48. The van der Waals surface area contributed by atoms with Gasteiger partial charge in [0.1, 0.15) is 6.33 Å². The average Bonchev–Trinajstić information content (AvgIpc) is 3.13. The van der Waals surface area contributed by atoms with Gasteiger partial charge >= 0.3 is 16.1 Å². The summed E-state index contributed by atoms with van der Waals surface area (Å²) in [6.07, 6.45) is 2.73. The van der Waals surface area contributed by atoms with Gasteiger partial charge in [0.25, 0.3) is 5.16 Å². The number of rotatable bonds is 6. The summed E-state index contributed by atoms with van der Waals surface area (Å²) in [6, 6.07) is 1.25. The first kappa shape index (κ1) is 18.1. The average molecular weight is 354 g/mol. The van der Waals surface area contributed by atoms with E-state index in [9.17, 15) is 13.2 Å². The van der Waals surface area contributed by atoms with Crippen molar-refractivity contribution in [1.82, 2.24) is 28.9 Å². The zero-order valence-corrected chi connectivity index (χ0v) is 15.1. The van der Waals surface area contributed by atoms with Gasteiger partial charge in [-0.15, -0.1) is 5.10 Å². The van der Waals surface area contributed by atoms with E-state index in [1.54, 1.807) is 24.8 Å². The van der Waals surface area contributed by atoms with E-state index in [2.05, 4.69) is 15.2 Å². The normalized spacial score (nSPS) is 11.7. The number of carbonyl (C=O) groups is 1. The summed E-state index contributed by atoms with van der Waals surface area (Å²) in [5.41, 5.74) is 1.03. The number of aromatic nitrogens is 5. The molecule has 2 aromatic rings. The Morgan fingerprint density at radius 2 is 1.79 bits per heavy atom. The van der Waals surface area contributed by atoms with Crippen LogP contribution in [0, 0.1) is 13.8 Å². The van der Waals surface area contributed by atoms with Crippen LogP contribution in [0.3, 0.4) is 0 Å². The summed E-state index contributed by atoms with van der Waals surface area (Å²) in [7, 11) is -4.02. The van der Waals surface area contributed by atoms with Crippen LogP contribution in [0.2, 0.25) is 0 Å². The van der Waals surface area contributed by atoms with Gasteiger partial charge in [-0.2, -0.15) is 22.3 Å². The molecule has 0 unspecified atom stereocenters. The Labute approximate surface area is 141 Å². The van der Waals surface area contributed by atoms with Crippen LogP contribution in [0.25, 0.3) is 0 Å². The second-order valence-corrected chi connectivity index (χ2v) is 7.18. The van der Waals surface area contributed by atoms with Gasteiger partial charge in [0.15, 0.2) is 0 Å². The maximum atomic E-state index is 12.6. The molecule has 0 radical (unpaired) electrons. The van der Waals surface area contributed by atoms with E-state index in [4.69, 9.17) is 0 Å². The largest absolute Gasteiger partial charge is 0.346 e. The van der Waals surface area contributed by atoms with Crippen molar-refractivity contribution in [3.8, 4) is 0 Å². The molecule has 2 rings (SSSR count). The summed E-state index contributed by atoms with van der Waals surface area (Å²) >= 11 is 0. The molecule has 0 bridgehead atoms. The highest BCUT2D eigenvalue weighted by Gasteiger charge is 2.27. The number of amides is 1. The summed E-state index contributed by atoms with van der Waals surface area (Å²) in [4.78, 5) is 17.9. The van der Waals surface area contributed by atoms with Crippen molar-refractivity contribution >= 4 is 16.1 Å². The molecule has 0 aliphatic rings. The fourth-order valence-corrected chi connectivity index (χ4v) is 3.57. The first-order valence-electron chi connectivity index (χ1n) is 7.81. The molecule has 24 heavy (non-hydrogen) atoms. The van der Waals surface area contributed by atoms with Crippen LogP contribution in [0.15, 0.2) is 17.6 Å². The summed E-state index contributed by atoms with van der Waals surface area (Å²) in [5, 5.41) is 7.36. The molecule has 0 N–H and O–H groups in total. The molecule has 0 aliphatic heterocycles. The van der Waals surface area contributed by atoms with Crippen molar-refractivity contribution in [3.05, 3.63) is 23.8 Å². The fraction of sp³-hybridized carbons (Fsp3) is 0.571. The number of hydrogen-bond acceptors (Lipinski definition) is 6. The van der Waals surface area contributed by atoms with Crippen molar-refractivity contribution in [3.63, 3.8) is 0 Å². The molecule has 0 aromatic carbocycles. The van der Waals surface area contributed by atoms with Crippen molar-refractivity contribution in [2.75, 3.05) is 13.1 Å². The molecule has 0 spiro atoms. The smallest absolute Gasteiger partial charge is 0.323 e. The minimum absolute atomic E-state index is 0.388. The maximum absolute atomic E-state index is 12.6. The summed E-state index contributed by atoms with van der Waals surface area (Å²) < 4.78 is 27.0. The van der Waals surface area contributed by atoms with E-state index in [1.165, 1.54) is 0 Å². The Balaban J connectivity index is 2.33. The Bertz CT molecular complexity index is 817. The fourth-order valence-electron chi connectivity index (χ4n) is 2.38. The van der Waals surface area contributed by atoms with Gasteiger partial charge in [-0.05, 0) is 32.8 Å². The standard InChI is InChI=1S/C14H22N6O3S/c1-5-7-18(8-6-2)14(21)19-10-15-13(17-19)24(22,23)20-12(4)9-11(3)16-20/h9-10H,5-8H2,1-4H3. The molecule has 10 heteroatoms. The zero-order valence-electron chi connectivity index (χ0n) is 14.3. The van der Waals surface area contributed by atoms with Gasteiger partial charge < -0.3 is 4.90 Å². The van der Waals surface area contributed by atoms with Crippen LogP contribution in [-0.2, 0) is 10.0 Å². The topological polar surface area (TPSA) is 103 Å². The molecule has 0 saturated heterocycles. The lowest BCUT2D eigenvalue weighted by Crippen LogP contribution is -2.36. The van der Waals surface area contributed by atoms with Crippen molar-refractivity contribution in [2.45, 2.75) is 45.7 Å². The van der Waals surface area contributed by atoms with Crippen LogP contribution in [0.5, 0.6) is 0 Å². The molecule has 2 heterocycles. The first-order valence-corrected chi connectivity index (χ1v) is 9.25.